The molecule has 0 saturated heterocycles. The summed E-state index contributed by atoms with van der Waals surface area (Å²) in [6, 6.07) is 0. The standard InChI is InChI=1S/C12H25NO/c1-3-5-11(9-13)12(14)7-4-6-10(2)8-12/h10-11,14H,3-9,13H2,1-2H3. The molecule has 3 N–H and O–H groups in total. The zero-order valence-corrected chi connectivity index (χ0v) is 9.63. The van der Waals surface area contributed by atoms with Crippen LogP contribution >= 0.6 is 0 Å². The average molecular weight is 199 g/mol. The Kier molecular flexibility index (Phi) is 4.39. The van der Waals surface area contributed by atoms with Crippen LogP contribution in [0.3, 0.4) is 0 Å². The van der Waals surface area contributed by atoms with Crippen molar-refractivity contribution in [2.75, 3.05) is 6.54 Å². The zero-order valence-electron chi connectivity index (χ0n) is 9.63. The van der Waals surface area contributed by atoms with E-state index in [0.717, 1.165) is 32.1 Å². The summed E-state index contributed by atoms with van der Waals surface area (Å²) in [6.07, 6.45) is 6.54. The van der Waals surface area contributed by atoms with Gasteiger partial charge in [-0.05, 0) is 37.6 Å². The Bertz CT molecular complexity index is 172. The molecule has 0 aromatic carbocycles. The number of nitrogens with two attached hydrogens (primary N) is 1. The molecule has 2 heteroatoms. The minimum atomic E-state index is -0.456. The third-order valence-corrected chi connectivity index (χ3v) is 3.69. The Morgan fingerprint density at radius 3 is 2.79 bits per heavy atom. The van der Waals surface area contributed by atoms with Gasteiger partial charge in [-0.15, -0.1) is 0 Å². The van der Waals surface area contributed by atoms with Crippen LogP contribution in [-0.4, -0.2) is 17.3 Å². The van der Waals surface area contributed by atoms with Crippen molar-refractivity contribution in [1.82, 2.24) is 0 Å². The lowest BCUT2D eigenvalue weighted by molar-refractivity contribution is -0.0626. The summed E-state index contributed by atoms with van der Waals surface area (Å²) >= 11 is 0. The lowest BCUT2D eigenvalue weighted by Crippen LogP contribution is -2.45. The van der Waals surface area contributed by atoms with Gasteiger partial charge in [0.2, 0.25) is 0 Å². The van der Waals surface area contributed by atoms with E-state index in [1.807, 2.05) is 0 Å². The molecule has 14 heavy (non-hydrogen) atoms. The second kappa shape index (κ2) is 5.13. The summed E-state index contributed by atoms with van der Waals surface area (Å²) in [4.78, 5) is 0. The minimum Gasteiger partial charge on any atom is -0.390 e. The van der Waals surface area contributed by atoms with E-state index in [9.17, 15) is 5.11 Å². The second-order valence-electron chi connectivity index (χ2n) is 5.03. The maximum absolute atomic E-state index is 10.6. The first-order valence-electron chi connectivity index (χ1n) is 6.05. The number of hydrogen-bond acceptors (Lipinski definition) is 2. The average Bonchev–Trinajstić information content (AvgIpc) is 2.13. The summed E-state index contributed by atoms with van der Waals surface area (Å²) in [5, 5.41) is 10.6. The van der Waals surface area contributed by atoms with E-state index in [2.05, 4.69) is 13.8 Å². The topological polar surface area (TPSA) is 46.2 Å². The molecule has 1 aliphatic rings. The Balaban J connectivity index is 2.59. The van der Waals surface area contributed by atoms with Crippen LogP contribution in [0, 0.1) is 11.8 Å². The van der Waals surface area contributed by atoms with E-state index in [1.54, 1.807) is 0 Å². The van der Waals surface area contributed by atoms with Crippen LogP contribution in [0.1, 0.15) is 52.4 Å². The SMILES string of the molecule is CCCC(CN)C1(O)CCCC(C)C1. The molecule has 0 aliphatic heterocycles. The van der Waals surface area contributed by atoms with Gasteiger partial charge in [0.25, 0.3) is 0 Å². The fraction of sp³-hybridized carbons (Fsp3) is 1.00. The Labute approximate surface area is 87.9 Å². The van der Waals surface area contributed by atoms with Gasteiger partial charge < -0.3 is 10.8 Å². The van der Waals surface area contributed by atoms with E-state index in [4.69, 9.17) is 5.73 Å². The minimum absolute atomic E-state index is 0.315. The Hall–Kier alpha value is -0.0800. The molecule has 1 saturated carbocycles. The van der Waals surface area contributed by atoms with Crippen molar-refractivity contribution in [3.05, 3.63) is 0 Å². The molecule has 0 aromatic heterocycles. The van der Waals surface area contributed by atoms with Gasteiger partial charge >= 0.3 is 0 Å². The lowest BCUT2D eigenvalue weighted by Gasteiger charge is -2.41. The maximum Gasteiger partial charge on any atom is 0.0690 e. The fourth-order valence-electron chi connectivity index (χ4n) is 2.89. The van der Waals surface area contributed by atoms with Crippen molar-refractivity contribution in [3.63, 3.8) is 0 Å². The monoisotopic (exact) mass is 199 g/mol. The van der Waals surface area contributed by atoms with E-state index in [1.165, 1.54) is 6.42 Å². The molecule has 0 radical (unpaired) electrons. The summed E-state index contributed by atoms with van der Waals surface area (Å²) in [5.74, 6) is 0.981. The van der Waals surface area contributed by atoms with E-state index in [-0.39, 0.29) is 0 Å². The van der Waals surface area contributed by atoms with Gasteiger partial charge in [0.15, 0.2) is 0 Å². The first-order chi connectivity index (χ1) is 6.62. The number of rotatable bonds is 4. The molecule has 0 spiro atoms. The van der Waals surface area contributed by atoms with Crippen LogP contribution in [-0.2, 0) is 0 Å². The zero-order chi connectivity index (χ0) is 10.6. The molecule has 3 unspecified atom stereocenters. The van der Waals surface area contributed by atoms with E-state index < -0.39 is 5.60 Å². The molecule has 0 heterocycles. The van der Waals surface area contributed by atoms with Crippen LogP contribution in [0.2, 0.25) is 0 Å². The largest absolute Gasteiger partial charge is 0.390 e. The summed E-state index contributed by atoms with van der Waals surface area (Å²) in [7, 11) is 0. The highest BCUT2D eigenvalue weighted by atomic mass is 16.3. The third kappa shape index (κ3) is 2.71. The highest BCUT2D eigenvalue weighted by Crippen LogP contribution is 2.38. The molecular formula is C12H25NO. The molecule has 1 fully saturated rings. The molecular weight excluding hydrogens is 174 g/mol. The summed E-state index contributed by atoms with van der Waals surface area (Å²) in [6.45, 7) is 5.04. The molecule has 1 aliphatic carbocycles. The molecule has 2 nitrogen and oxygen atoms in total. The molecule has 1 rings (SSSR count). The Morgan fingerprint density at radius 2 is 2.29 bits per heavy atom. The number of hydrogen-bond donors (Lipinski definition) is 2. The second-order valence-corrected chi connectivity index (χ2v) is 5.03. The van der Waals surface area contributed by atoms with Crippen LogP contribution in [0.4, 0.5) is 0 Å². The molecule has 0 aromatic rings. The van der Waals surface area contributed by atoms with Crippen molar-refractivity contribution in [2.45, 2.75) is 58.0 Å². The van der Waals surface area contributed by atoms with Crippen molar-refractivity contribution in [2.24, 2.45) is 17.6 Å². The Morgan fingerprint density at radius 1 is 1.57 bits per heavy atom. The first kappa shape index (κ1) is 12.0. The first-order valence-corrected chi connectivity index (χ1v) is 6.05. The van der Waals surface area contributed by atoms with Gasteiger partial charge in [0.1, 0.15) is 0 Å². The quantitative estimate of drug-likeness (QED) is 0.730. The normalized spacial score (nSPS) is 35.6. The molecule has 0 bridgehead atoms. The highest BCUT2D eigenvalue weighted by Gasteiger charge is 2.38. The fourth-order valence-corrected chi connectivity index (χ4v) is 2.89. The van der Waals surface area contributed by atoms with E-state index >= 15 is 0 Å². The van der Waals surface area contributed by atoms with Crippen molar-refractivity contribution in [3.8, 4) is 0 Å². The van der Waals surface area contributed by atoms with Crippen LogP contribution in [0.25, 0.3) is 0 Å². The molecule has 84 valence electrons. The smallest absolute Gasteiger partial charge is 0.0690 e. The lowest BCUT2D eigenvalue weighted by atomic mass is 9.70. The summed E-state index contributed by atoms with van der Waals surface area (Å²) in [5.41, 5.74) is 5.30. The van der Waals surface area contributed by atoms with E-state index in [0.29, 0.717) is 18.4 Å². The van der Waals surface area contributed by atoms with Crippen molar-refractivity contribution < 1.29 is 5.11 Å². The third-order valence-electron chi connectivity index (χ3n) is 3.69. The van der Waals surface area contributed by atoms with Crippen molar-refractivity contribution in [1.29, 1.82) is 0 Å². The van der Waals surface area contributed by atoms with Gasteiger partial charge in [-0.3, -0.25) is 0 Å². The van der Waals surface area contributed by atoms with Crippen LogP contribution in [0.15, 0.2) is 0 Å². The predicted octanol–water partition coefficient (Wildman–Crippen LogP) is 2.30. The maximum atomic E-state index is 10.6. The summed E-state index contributed by atoms with van der Waals surface area (Å²) < 4.78 is 0. The molecule has 3 atom stereocenters. The van der Waals surface area contributed by atoms with Gasteiger partial charge in [0.05, 0.1) is 5.60 Å². The molecule has 0 amide bonds. The van der Waals surface area contributed by atoms with Gasteiger partial charge in [-0.25, -0.2) is 0 Å². The highest BCUT2D eigenvalue weighted by molar-refractivity contribution is 4.91. The predicted molar refractivity (Wildman–Crippen MR) is 60.0 cm³/mol. The van der Waals surface area contributed by atoms with Crippen LogP contribution in [0.5, 0.6) is 0 Å². The van der Waals surface area contributed by atoms with Gasteiger partial charge in [-0.1, -0.05) is 33.1 Å². The van der Waals surface area contributed by atoms with Crippen LogP contribution < -0.4 is 5.73 Å². The van der Waals surface area contributed by atoms with Gasteiger partial charge in [0, 0.05) is 0 Å². The van der Waals surface area contributed by atoms with Gasteiger partial charge in [-0.2, -0.15) is 0 Å². The number of aliphatic hydroxyl groups is 1. The van der Waals surface area contributed by atoms with Crippen molar-refractivity contribution >= 4 is 0 Å².